The molecule has 0 aliphatic carbocycles. The van der Waals surface area contributed by atoms with E-state index in [1.54, 1.807) is 0 Å². The summed E-state index contributed by atoms with van der Waals surface area (Å²) < 4.78 is 0. The van der Waals surface area contributed by atoms with E-state index in [0.717, 1.165) is 5.92 Å². The van der Waals surface area contributed by atoms with Gasteiger partial charge in [-0.05, 0) is 44.6 Å². The van der Waals surface area contributed by atoms with Crippen molar-refractivity contribution in [2.45, 2.75) is 19.8 Å². The van der Waals surface area contributed by atoms with Gasteiger partial charge in [0.2, 0.25) is 0 Å². The molecular formula is C11H25ClN2S. The highest BCUT2D eigenvalue weighted by Gasteiger charge is 2.18. The predicted octanol–water partition coefficient (Wildman–Crippen LogP) is 2.09. The van der Waals surface area contributed by atoms with Gasteiger partial charge in [-0.3, -0.25) is 0 Å². The fourth-order valence-electron chi connectivity index (χ4n) is 2.15. The summed E-state index contributed by atoms with van der Waals surface area (Å²) in [5.74, 6) is 3.46. The van der Waals surface area contributed by atoms with E-state index >= 15 is 0 Å². The van der Waals surface area contributed by atoms with Gasteiger partial charge in [0, 0.05) is 18.8 Å². The average molecular weight is 253 g/mol. The maximum Gasteiger partial charge on any atom is 0.00725 e. The van der Waals surface area contributed by atoms with Crippen LogP contribution in [0.1, 0.15) is 19.8 Å². The van der Waals surface area contributed by atoms with Crippen molar-refractivity contribution in [2.75, 3.05) is 44.7 Å². The fraction of sp³-hybridized carbons (Fsp3) is 1.00. The van der Waals surface area contributed by atoms with Crippen LogP contribution >= 0.6 is 24.2 Å². The number of halogens is 1. The van der Waals surface area contributed by atoms with Crippen LogP contribution in [0.5, 0.6) is 0 Å². The zero-order chi connectivity index (χ0) is 10.2. The number of hydrogen-bond acceptors (Lipinski definition) is 3. The molecule has 2 nitrogen and oxygen atoms in total. The first-order valence-corrected chi connectivity index (χ1v) is 6.97. The number of piperidine rings is 1. The Morgan fingerprint density at radius 3 is 2.93 bits per heavy atom. The largest absolute Gasteiger partial charge is 0.319 e. The van der Waals surface area contributed by atoms with E-state index in [2.05, 4.69) is 35.9 Å². The molecule has 0 aromatic rings. The third-order valence-corrected chi connectivity index (χ3v) is 3.73. The van der Waals surface area contributed by atoms with Crippen molar-refractivity contribution in [3.63, 3.8) is 0 Å². The molecule has 0 spiro atoms. The van der Waals surface area contributed by atoms with Crippen molar-refractivity contribution in [2.24, 2.45) is 5.92 Å². The first-order chi connectivity index (χ1) is 6.86. The van der Waals surface area contributed by atoms with E-state index in [0.29, 0.717) is 0 Å². The number of rotatable bonds is 6. The molecule has 1 N–H and O–H groups in total. The molecule has 1 saturated heterocycles. The highest BCUT2D eigenvalue weighted by molar-refractivity contribution is 7.99. The Balaban J connectivity index is 0.00000196. The molecular weight excluding hydrogens is 228 g/mol. The minimum Gasteiger partial charge on any atom is -0.319 e. The van der Waals surface area contributed by atoms with Crippen molar-refractivity contribution in [1.29, 1.82) is 0 Å². The van der Waals surface area contributed by atoms with E-state index < -0.39 is 0 Å². The molecule has 0 saturated carbocycles. The second-order valence-corrected chi connectivity index (χ2v) is 5.46. The lowest BCUT2D eigenvalue weighted by atomic mass is 9.98. The molecule has 0 aromatic heterocycles. The Kier molecular flexibility index (Phi) is 10.1. The van der Waals surface area contributed by atoms with Gasteiger partial charge in [0.25, 0.3) is 0 Å². The summed E-state index contributed by atoms with van der Waals surface area (Å²) >= 11 is 2.06. The van der Waals surface area contributed by atoms with Crippen LogP contribution < -0.4 is 5.32 Å². The third-order valence-electron chi connectivity index (χ3n) is 2.85. The maximum absolute atomic E-state index is 3.29. The van der Waals surface area contributed by atoms with Crippen LogP contribution in [-0.2, 0) is 0 Å². The van der Waals surface area contributed by atoms with Crippen LogP contribution in [0.25, 0.3) is 0 Å². The van der Waals surface area contributed by atoms with Crippen molar-refractivity contribution in [1.82, 2.24) is 10.2 Å². The molecule has 0 bridgehead atoms. The van der Waals surface area contributed by atoms with Gasteiger partial charge in [-0.25, -0.2) is 0 Å². The van der Waals surface area contributed by atoms with E-state index in [-0.39, 0.29) is 12.4 Å². The number of nitrogens with one attached hydrogen (secondary N) is 1. The Hall–Kier alpha value is 0.560. The average Bonchev–Trinajstić information content (AvgIpc) is 2.19. The summed E-state index contributed by atoms with van der Waals surface area (Å²) in [6, 6.07) is 0. The molecule has 0 radical (unpaired) electrons. The van der Waals surface area contributed by atoms with Gasteiger partial charge < -0.3 is 10.2 Å². The molecule has 1 atom stereocenters. The van der Waals surface area contributed by atoms with Crippen molar-refractivity contribution < 1.29 is 0 Å². The van der Waals surface area contributed by atoms with Gasteiger partial charge in [-0.1, -0.05) is 6.92 Å². The monoisotopic (exact) mass is 252 g/mol. The van der Waals surface area contributed by atoms with Crippen LogP contribution in [0, 0.1) is 5.92 Å². The molecule has 0 amide bonds. The standard InChI is InChI=1S/C11H24N2S.ClH/c1-3-14-8-7-13-6-4-5-11(10-13)9-12-2;/h11-12H,3-10H2,1-2H3;1H. The van der Waals surface area contributed by atoms with Gasteiger partial charge in [0.05, 0.1) is 0 Å². The lowest BCUT2D eigenvalue weighted by molar-refractivity contribution is 0.183. The zero-order valence-corrected chi connectivity index (χ0v) is 11.6. The fourth-order valence-corrected chi connectivity index (χ4v) is 2.82. The quantitative estimate of drug-likeness (QED) is 0.729. The smallest absolute Gasteiger partial charge is 0.00725 e. The van der Waals surface area contributed by atoms with E-state index in [1.165, 1.54) is 50.5 Å². The number of likely N-dealkylation sites (tertiary alicyclic amines) is 1. The molecule has 1 fully saturated rings. The van der Waals surface area contributed by atoms with Crippen LogP contribution in [0.4, 0.5) is 0 Å². The van der Waals surface area contributed by atoms with Gasteiger partial charge in [0.1, 0.15) is 0 Å². The van der Waals surface area contributed by atoms with Crippen molar-refractivity contribution in [3.8, 4) is 0 Å². The van der Waals surface area contributed by atoms with Gasteiger partial charge in [-0.15, -0.1) is 12.4 Å². The van der Waals surface area contributed by atoms with E-state index in [4.69, 9.17) is 0 Å². The molecule has 1 aliphatic heterocycles. The molecule has 15 heavy (non-hydrogen) atoms. The minimum absolute atomic E-state index is 0. The Labute approximate surface area is 105 Å². The molecule has 1 aliphatic rings. The zero-order valence-electron chi connectivity index (χ0n) is 10.00. The van der Waals surface area contributed by atoms with Crippen molar-refractivity contribution >= 4 is 24.2 Å². The second-order valence-electron chi connectivity index (χ2n) is 4.06. The van der Waals surface area contributed by atoms with Gasteiger partial charge >= 0.3 is 0 Å². The van der Waals surface area contributed by atoms with Crippen LogP contribution in [0.3, 0.4) is 0 Å². The van der Waals surface area contributed by atoms with E-state index in [9.17, 15) is 0 Å². The van der Waals surface area contributed by atoms with E-state index in [1.807, 2.05) is 0 Å². The van der Waals surface area contributed by atoms with Gasteiger partial charge in [-0.2, -0.15) is 11.8 Å². The predicted molar refractivity (Wildman–Crippen MR) is 73.3 cm³/mol. The Morgan fingerprint density at radius 2 is 2.27 bits per heavy atom. The highest BCUT2D eigenvalue weighted by atomic mass is 35.5. The minimum atomic E-state index is 0. The molecule has 92 valence electrons. The van der Waals surface area contributed by atoms with Gasteiger partial charge in [0.15, 0.2) is 0 Å². The SMILES string of the molecule is CCSCCN1CCCC(CNC)C1.Cl. The topological polar surface area (TPSA) is 15.3 Å². The van der Waals surface area contributed by atoms with Crippen molar-refractivity contribution in [3.05, 3.63) is 0 Å². The summed E-state index contributed by atoms with van der Waals surface area (Å²) in [5.41, 5.74) is 0. The first kappa shape index (κ1) is 15.6. The van der Waals surface area contributed by atoms with Crippen LogP contribution in [0.15, 0.2) is 0 Å². The van der Waals surface area contributed by atoms with Crippen LogP contribution in [0.2, 0.25) is 0 Å². The highest BCUT2D eigenvalue weighted by Crippen LogP contribution is 2.15. The maximum atomic E-state index is 3.29. The normalized spacial score (nSPS) is 22.4. The second kappa shape index (κ2) is 9.76. The Morgan fingerprint density at radius 1 is 1.47 bits per heavy atom. The lowest BCUT2D eigenvalue weighted by Gasteiger charge is -2.32. The molecule has 4 heteroatoms. The number of hydrogen-bond donors (Lipinski definition) is 1. The summed E-state index contributed by atoms with van der Waals surface area (Å²) in [7, 11) is 2.06. The van der Waals surface area contributed by atoms with Crippen LogP contribution in [-0.4, -0.2) is 49.6 Å². The molecule has 1 unspecified atom stereocenters. The summed E-state index contributed by atoms with van der Waals surface area (Å²) in [4.78, 5) is 2.63. The Bertz CT molecular complexity index is 145. The third kappa shape index (κ3) is 6.67. The summed E-state index contributed by atoms with van der Waals surface area (Å²) in [6.07, 6.45) is 2.81. The number of thioether (sulfide) groups is 1. The molecule has 0 aromatic carbocycles. The summed E-state index contributed by atoms with van der Waals surface area (Å²) in [6.45, 7) is 7.36. The summed E-state index contributed by atoms with van der Waals surface area (Å²) in [5, 5.41) is 3.29. The molecule has 1 rings (SSSR count). The molecule has 1 heterocycles. The first-order valence-electron chi connectivity index (χ1n) is 5.81. The number of nitrogens with zero attached hydrogens (tertiary/aromatic N) is 1. The lowest BCUT2D eigenvalue weighted by Crippen LogP contribution is -2.40.